The van der Waals surface area contributed by atoms with Crippen LogP contribution in [0.4, 0.5) is 5.69 Å². The summed E-state index contributed by atoms with van der Waals surface area (Å²) in [6.07, 6.45) is 0.296. The van der Waals surface area contributed by atoms with Crippen molar-refractivity contribution < 1.29 is 26.5 Å². The Hall–Kier alpha value is -2.54. The Labute approximate surface area is 169 Å². The highest BCUT2D eigenvalue weighted by Crippen LogP contribution is 2.28. The zero-order valence-electron chi connectivity index (χ0n) is 16.0. The van der Waals surface area contributed by atoms with Crippen LogP contribution in [0.5, 0.6) is 5.75 Å². The number of benzene rings is 2. The van der Waals surface area contributed by atoms with Gasteiger partial charge in [0, 0.05) is 26.7 Å². The van der Waals surface area contributed by atoms with Crippen LogP contribution in [0.3, 0.4) is 0 Å². The van der Waals surface area contributed by atoms with Crippen molar-refractivity contribution in [1.82, 2.24) is 9.03 Å². The zero-order valence-corrected chi connectivity index (χ0v) is 17.7. The van der Waals surface area contributed by atoms with Crippen LogP contribution in [0.15, 0.2) is 52.3 Å². The minimum Gasteiger partial charge on any atom is -0.496 e. The Balaban J connectivity index is 2.31. The number of nitrogens with zero attached hydrogens (tertiary/aromatic N) is 2. The number of nitro benzene ring substituents is 1. The second-order valence-electron chi connectivity index (χ2n) is 6.13. The van der Waals surface area contributed by atoms with E-state index in [1.165, 1.54) is 21.2 Å². The van der Waals surface area contributed by atoms with Gasteiger partial charge in [0.05, 0.1) is 16.9 Å². The predicted molar refractivity (Wildman–Crippen MR) is 106 cm³/mol. The third-order valence-electron chi connectivity index (χ3n) is 4.07. The molecule has 0 radical (unpaired) electrons. The molecular weight excluding hydrogens is 422 g/mol. The molecule has 29 heavy (non-hydrogen) atoms. The highest BCUT2D eigenvalue weighted by molar-refractivity contribution is 7.90. The average Bonchev–Trinajstić information content (AvgIpc) is 2.67. The van der Waals surface area contributed by atoms with Gasteiger partial charge in [-0.25, -0.2) is 25.9 Å². The smallest absolute Gasteiger partial charge is 0.290 e. The molecule has 0 heterocycles. The molecule has 0 aliphatic carbocycles. The van der Waals surface area contributed by atoms with Gasteiger partial charge in [0.2, 0.25) is 20.0 Å². The Morgan fingerprint density at radius 2 is 1.76 bits per heavy atom. The first-order valence-electron chi connectivity index (χ1n) is 8.33. The molecule has 0 fully saturated rings. The summed E-state index contributed by atoms with van der Waals surface area (Å²) in [6.45, 7) is -0.0302. The molecule has 0 aromatic heterocycles. The molecule has 12 heteroatoms. The quantitative estimate of drug-likeness (QED) is 0.457. The summed E-state index contributed by atoms with van der Waals surface area (Å²) in [4.78, 5) is 9.47. The fraction of sp³-hybridized carbons (Fsp3) is 0.294. The molecule has 0 unspecified atom stereocenters. The monoisotopic (exact) mass is 443 g/mol. The summed E-state index contributed by atoms with van der Waals surface area (Å²) in [5.74, 6) is 0.593. The summed E-state index contributed by atoms with van der Waals surface area (Å²) >= 11 is 0. The Bertz CT molecular complexity index is 1110. The first kappa shape index (κ1) is 22.7. The highest BCUT2D eigenvalue weighted by atomic mass is 32.2. The van der Waals surface area contributed by atoms with E-state index >= 15 is 0 Å². The molecule has 2 aromatic rings. The second-order valence-corrected chi connectivity index (χ2v) is 10.0. The Kier molecular flexibility index (Phi) is 6.95. The lowest BCUT2D eigenvalue weighted by atomic mass is 10.1. The molecule has 1 N–H and O–H groups in total. The SMILES string of the molecule is COc1ccccc1CCNS(=O)(=O)c1ccc(S(=O)(=O)N(C)C)cc1[N+](=O)[O-]. The van der Waals surface area contributed by atoms with Crippen LogP contribution in [0.2, 0.25) is 0 Å². The molecule has 0 amide bonds. The van der Waals surface area contributed by atoms with Crippen LogP contribution in [-0.2, 0) is 26.5 Å². The molecule has 2 rings (SSSR count). The number of nitro groups is 1. The largest absolute Gasteiger partial charge is 0.496 e. The van der Waals surface area contributed by atoms with E-state index in [4.69, 9.17) is 4.74 Å². The highest BCUT2D eigenvalue weighted by Gasteiger charge is 2.29. The van der Waals surface area contributed by atoms with Crippen molar-refractivity contribution in [3.63, 3.8) is 0 Å². The van der Waals surface area contributed by atoms with Crippen LogP contribution in [0.25, 0.3) is 0 Å². The number of para-hydroxylation sites is 1. The van der Waals surface area contributed by atoms with E-state index in [0.29, 0.717) is 12.2 Å². The van der Waals surface area contributed by atoms with E-state index in [1.807, 2.05) is 0 Å². The molecule has 0 saturated heterocycles. The third kappa shape index (κ3) is 5.09. The number of methoxy groups -OCH3 is 1. The van der Waals surface area contributed by atoms with Crippen LogP contribution < -0.4 is 9.46 Å². The maximum Gasteiger partial charge on any atom is 0.290 e. The molecule has 0 spiro atoms. The van der Waals surface area contributed by atoms with E-state index < -0.39 is 35.6 Å². The number of rotatable bonds is 9. The number of sulfonamides is 2. The fourth-order valence-corrected chi connectivity index (χ4v) is 4.65. The lowest BCUT2D eigenvalue weighted by Crippen LogP contribution is -2.27. The van der Waals surface area contributed by atoms with E-state index in [2.05, 4.69) is 4.72 Å². The maximum atomic E-state index is 12.6. The molecule has 0 aliphatic rings. The first-order chi connectivity index (χ1) is 13.5. The first-order valence-corrected chi connectivity index (χ1v) is 11.3. The average molecular weight is 444 g/mol. The Morgan fingerprint density at radius 1 is 1.10 bits per heavy atom. The van der Waals surface area contributed by atoms with Crippen molar-refractivity contribution in [1.29, 1.82) is 0 Å². The fourth-order valence-electron chi connectivity index (χ4n) is 2.55. The van der Waals surface area contributed by atoms with E-state index in [1.54, 1.807) is 24.3 Å². The molecule has 158 valence electrons. The summed E-state index contributed by atoms with van der Waals surface area (Å²) in [6, 6.07) is 9.75. The van der Waals surface area contributed by atoms with Gasteiger partial charge in [0.1, 0.15) is 5.75 Å². The number of hydrogen-bond donors (Lipinski definition) is 1. The molecule has 0 bridgehead atoms. The van der Waals surface area contributed by atoms with Crippen LogP contribution in [0.1, 0.15) is 5.56 Å². The normalized spacial score (nSPS) is 12.1. The Morgan fingerprint density at radius 3 is 2.34 bits per heavy atom. The van der Waals surface area contributed by atoms with Gasteiger partial charge < -0.3 is 4.74 Å². The van der Waals surface area contributed by atoms with Crippen LogP contribution >= 0.6 is 0 Å². The van der Waals surface area contributed by atoms with Crippen molar-refractivity contribution in [2.75, 3.05) is 27.7 Å². The van der Waals surface area contributed by atoms with Gasteiger partial charge >= 0.3 is 0 Å². The van der Waals surface area contributed by atoms with E-state index in [0.717, 1.165) is 28.1 Å². The van der Waals surface area contributed by atoms with Gasteiger partial charge in [-0.15, -0.1) is 0 Å². The number of ether oxygens (including phenoxy) is 1. The van der Waals surface area contributed by atoms with Crippen molar-refractivity contribution in [2.45, 2.75) is 16.2 Å². The van der Waals surface area contributed by atoms with Crippen LogP contribution in [-0.4, -0.2) is 53.8 Å². The van der Waals surface area contributed by atoms with Gasteiger partial charge in [-0.05, 0) is 30.2 Å². The molecule has 0 aliphatic heterocycles. The lowest BCUT2D eigenvalue weighted by molar-refractivity contribution is -0.388. The molecule has 0 saturated carbocycles. The molecule has 0 atom stereocenters. The minimum atomic E-state index is -4.25. The summed E-state index contributed by atoms with van der Waals surface area (Å²) in [5, 5.41) is 11.4. The molecule has 10 nitrogen and oxygen atoms in total. The van der Waals surface area contributed by atoms with E-state index in [9.17, 15) is 26.9 Å². The van der Waals surface area contributed by atoms with Gasteiger partial charge in [-0.2, -0.15) is 0 Å². The number of nitrogens with one attached hydrogen (secondary N) is 1. The molecule has 2 aromatic carbocycles. The van der Waals surface area contributed by atoms with Gasteiger partial charge in [0.25, 0.3) is 5.69 Å². The van der Waals surface area contributed by atoms with Gasteiger partial charge in [-0.3, -0.25) is 10.1 Å². The minimum absolute atomic E-state index is 0.0302. The van der Waals surface area contributed by atoms with Crippen molar-refractivity contribution >= 4 is 25.7 Å². The van der Waals surface area contributed by atoms with Gasteiger partial charge in [0.15, 0.2) is 4.90 Å². The number of hydrogen-bond acceptors (Lipinski definition) is 7. The standard InChI is InChI=1S/C17H21N3O7S2/c1-19(2)29(25,26)14-8-9-17(15(12-14)20(21)22)28(23,24)18-11-10-13-6-4-5-7-16(13)27-3/h4-9,12,18H,10-11H2,1-3H3. The molecular formula is C17H21N3O7S2. The van der Waals surface area contributed by atoms with E-state index in [-0.39, 0.29) is 11.4 Å². The summed E-state index contributed by atoms with van der Waals surface area (Å²) < 4.78 is 57.9. The van der Waals surface area contributed by atoms with Crippen LogP contribution in [0, 0.1) is 10.1 Å². The van der Waals surface area contributed by atoms with Crippen molar-refractivity contribution in [3.8, 4) is 5.75 Å². The van der Waals surface area contributed by atoms with Crippen molar-refractivity contribution in [3.05, 3.63) is 58.1 Å². The summed E-state index contributed by atoms with van der Waals surface area (Å²) in [7, 11) is -4.17. The topological polar surface area (TPSA) is 136 Å². The predicted octanol–water partition coefficient (Wildman–Crippen LogP) is 1.37. The summed E-state index contributed by atoms with van der Waals surface area (Å²) in [5.41, 5.74) is -0.0580. The zero-order chi connectivity index (χ0) is 21.8. The maximum absolute atomic E-state index is 12.6. The third-order valence-corrected chi connectivity index (χ3v) is 7.39. The van der Waals surface area contributed by atoms with Gasteiger partial charge in [-0.1, -0.05) is 18.2 Å². The lowest BCUT2D eigenvalue weighted by Gasteiger charge is -2.13. The van der Waals surface area contributed by atoms with Crippen molar-refractivity contribution in [2.24, 2.45) is 0 Å². The second kappa shape index (κ2) is 8.86.